The quantitative estimate of drug-likeness (QED) is 0.425. The second-order valence-corrected chi connectivity index (χ2v) is 5.56. The lowest BCUT2D eigenvalue weighted by molar-refractivity contribution is 0.471. The highest BCUT2D eigenvalue weighted by molar-refractivity contribution is 5.79. The van der Waals surface area contributed by atoms with Gasteiger partial charge in [0.15, 0.2) is 0 Å². The molecular formula is C18H16N2O4. The molecule has 24 heavy (non-hydrogen) atoms. The summed E-state index contributed by atoms with van der Waals surface area (Å²) >= 11 is 0. The van der Waals surface area contributed by atoms with E-state index in [4.69, 9.17) is 0 Å². The molecule has 0 heterocycles. The highest BCUT2D eigenvalue weighted by atomic mass is 16.3. The van der Waals surface area contributed by atoms with Crippen LogP contribution < -0.4 is 21.5 Å². The van der Waals surface area contributed by atoms with Crippen molar-refractivity contribution in [2.24, 2.45) is 0 Å². The normalized spacial score (nSPS) is 10.7. The van der Waals surface area contributed by atoms with Crippen LogP contribution in [0.25, 0.3) is 0 Å². The van der Waals surface area contributed by atoms with E-state index in [0.29, 0.717) is 17.8 Å². The third-order valence-electron chi connectivity index (χ3n) is 3.76. The number of aryl methyl sites for hydroxylation is 1. The second kappa shape index (κ2) is 6.08. The molecule has 0 aliphatic rings. The minimum Gasteiger partial charge on any atom is -0.508 e. The molecule has 0 fully saturated rings. The topological polar surface area (TPSA) is 98.7 Å². The minimum absolute atomic E-state index is 0.136. The van der Waals surface area contributed by atoms with Crippen molar-refractivity contribution < 1.29 is 10.2 Å². The summed E-state index contributed by atoms with van der Waals surface area (Å²) in [6, 6.07) is 11.5. The van der Waals surface area contributed by atoms with Crippen LogP contribution in [0, 0.1) is 6.92 Å². The number of hydrogen-bond acceptors (Lipinski definition) is 6. The lowest BCUT2D eigenvalue weighted by Gasteiger charge is -2.15. The molecule has 0 atom stereocenters. The van der Waals surface area contributed by atoms with Gasteiger partial charge in [0.2, 0.25) is 0 Å². The van der Waals surface area contributed by atoms with Gasteiger partial charge >= 0.3 is 0 Å². The van der Waals surface area contributed by atoms with Crippen molar-refractivity contribution in [3.8, 4) is 11.5 Å². The number of nitrogens with one attached hydrogen (secondary N) is 2. The van der Waals surface area contributed by atoms with Crippen LogP contribution in [-0.2, 0) is 6.54 Å². The maximum absolute atomic E-state index is 11.8. The van der Waals surface area contributed by atoms with E-state index in [2.05, 4.69) is 10.6 Å². The monoisotopic (exact) mass is 324 g/mol. The van der Waals surface area contributed by atoms with Crippen molar-refractivity contribution in [3.63, 3.8) is 0 Å². The zero-order valence-electron chi connectivity index (χ0n) is 13.0. The first-order valence-corrected chi connectivity index (χ1v) is 7.37. The molecule has 0 spiro atoms. The predicted octanol–water partition coefficient (Wildman–Crippen LogP) is 2.36. The van der Waals surface area contributed by atoms with Gasteiger partial charge in [-0.2, -0.15) is 0 Å². The summed E-state index contributed by atoms with van der Waals surface area (Å²) in [6.07, 6.45) is 0. The van der Waals surface area contributed by atoms with Gasteiger partial charge in [0.25, 0.3) is 10.9 Å². The first kappa shape index (κ1) is 15.6. The van der Waals surface area contributed by atoms with Gasteiger partial charge in [-0.15, -0.1) is 0 Å². The zero-order chi connectivity index (χ0) is 17.3. The summed E-state index contributed by atoms with van der Waals surface area (Å²) in [5.74, 6) is 0.296. The smallest absolute Gasteiger partial charge is 0.253 e. The van der Waals surface area contributed by atoms with E-state index in [-0.39, 0.29) is 22.9 Å². The molecule has 0 amide bonds. The van der Waals surface area contributed by atoms with Crippen LogP contribution in [0.15, 0.2) is 52.1 Å². The van der Waals surface area contributed by atoms with E-state index in [1.165, 1.54) is 6.07 Å². The molecule has 6 heteroatoms. The maximum atomic E-state index is 11.8. The van der Waals surface area contributed by atoms with Gasteiger partial charge in [-0.05, 0) is 48.4 Å². The van der Waals surface area contributed by atoms with Crippen LogP contribution in [-0.4, -0.2) is 10.2 Å². The van der Waals surface area contributed by atoms with Crippen molar-refractivity contribution >= 4 is 17.1 Å². The van der Waals surface area contributed by atoms with Gasteiger partial charge in [0.1, 0.15) is 22.9 Å². The number of anilines is 3. The van der Waals surface area contributed by atoms with Crippen molar-refractivity contribution in [3.05, 3.63) is 74.0 Å². The molecule has 0 aliphatic carbocycles. The molecule has 0 bridgehead atoms. The fraction of sp³-hybridized carbons (Fsp3) is 0.111. The summed E-state index contributed by atoms with van der Waals surface area (Å²) in [5, 5.41) is 24.8. The van der Waals surface area contributed by atoms with E-state index in [9.17, 15) is 19.8 Å². The molecule has 3 aromatic carbocycles. The number of benzene rings is 2. The Bertz CT molecular complexity index is 972. The van der Waals surface area contributed by atoms with Crippen LogP contribution in [0.5, 0.6) is 11.5 Å². The lowest BCUT2D eigenvalue weighted by atomic mass is 10.1. The number of aromatic hydroxyl groups is 2. The van der Waals surface area contributed by atoms with Gasteiger partial charge in [-0.3, -0.25) is 9.59 Å². The Labute approximate surface area is 137 Å². The van der Waals surface area contributed by atoms with Crippen molar-refractivity contribution in [2.45, 2.75) is 13.5 Å². The number of hydrogen-bond donors (Lipinski definition) is 4. The maximum Gasteiger partial charge on any atom is 0.253 e. The number of rotatable bonds is 5. The molecule has 0 saturated heterocycles. The van der Waals surface area contributed by atoms with Crippen molar-refractivity contribution in [2.75, 3.05) is 10.6 Å². The summed E-state index contributed by atoms with van der Waals surface area (Å²) in [5.41, 5.74) is 1.31. The number of phenolic OH excluding ortho intramolecular Hbond substituents is 2. The van der Waals surface area contributed by atoms with Crippen LogP contribution in [0.3, 0.4) is 0 Å². The average molecular weight is 324 g/mol. The van der Waals surface area contributed by atoms with Gasteiger partial charge in [0.05, 0.1) is 0 Å². The Balaban J connectivity index is 1.78. The Hall–Kier alpha value is -3.28. The predicted molar refractivity (Wildman–Crippen MR) is 92.9 cm³/mol. The van der Waals surface area contributed by atoms with Gasteiger partial charge in [-0.1, -0.05) is 12.1 Å². The Kier molecular flexibility index (Phi) is 3.95. The molecule has 3 aromatic rings. The van der Waals surface area contributed by atoms with E-state index in [0.717, 1.165) is 5.56 Å². The molecule has 0 radical (unpaired) electrons. The van der Waals surface area contributed by atoms with Gasteiger partial charge in [0, 0.05) is 12.2 Å². The second-order valence-electron chi connectivity index (χ2n) is 5.56. The standard InChI is InChI=1S/C18H16N2O4/c1-10-7-12(5-6-14(10)22)20-16-15(17(23)18(16)24)19-9-11-3-2-4-13(21)8-11/h2-8,19-22H,9H2,1H3. The van der Waals surface area contributed by atoms with E-state index < -0.39 is 10.9 Å². The third-order valence-corrected chi connectivity index (χ3v) is 3.76. The molecule has 0 aromatic heterocycles. The van der Waals surface area contributed by atoms with Gasteiger partial charge in [-0.25, -0.2) is 0 Å². The highest BCUT2D eigenvalue weighted by Crippen LogP contribution is 2.25. The SMILES string of the molecule is Cc1cc(Nc2c(NCc3cccc(O)c3)c(=O)c2=O)ccc1O. The fourth-order valence-corrected chi connectivity index (χ4v) is 2.41. The first-order chi connectivity index (χ1) is 11.5. The van der Waals surface area contributed by atoms with Crippen LogP contribution in [0.4, 0.5) is 17.1 Å². The van der Waals surface area contributed by atoms with E-state index in [1.54, 1.807) is 43.3 Å². The Morgan fingerprint density at radius 1 is 0.958 bits per heavy atom. The van der Waals surface area contributed by atoms with Crippen LogP contribution in [0.2, 0.25) is 0 Å². The minimum atomic E-state index is -0.584. The molecule has 122 valence electrons. The van der Waals surface area contributed by atoms with Crippen LogP contribution in [0.1, 0.15) is 11.1 Å². The molecule has 6 nitrogen and oxygen atoms in total. The number of phenols is 2. The highest BCUT2D eigenvalue weighted by Gasteiger charge is 2.21. The van der Waals surface area contributed by atoms with Gasteiger partial charge < -0.3 is 20.8 Å². The third kappa shape index (κ3) is 2.94. The first-order valence-electron chi connectivity index (χ1n) is 7.37. The lowest BCUT2D eigenvalue weighted by Crippen LogP contribution is -2.36. The molecule has 0 unspecified atom stereocenters. The Morgan fingerprint density at radius 3 is 2.42 bits per heavy atom. The van der Waals surface area contributed by atoms with E-state index >= 15 is 0 Å². The molecule has 0 saturated carbocycles. The molecule has 4 N–H and O–H groups in total. The average Bonchev–Trinajstić information content (AvgIpc) is 2.57. The van der Waals surface area contributed by atoms with Crippen LogP contribution >= 0.6 is 0 Å². The summed E-state index contributed by atoms with van der Waals surface area (Å²) in [6.45, 7) is 2.05. The summed E-state index contributed by atoms with van der Waals surface area (Å²) in [7, 11) is 0. The Morgan fingerprint density at radius 2 is 1.71 bits per heavy atom. The molecule has 3 rings (SSSR count). The zero-order valence-corrected chi connectivity index (χ0v) is 13.0. The summed E-state index contributed by atoms with van der Waals surface area (Å²) < 4.78 is 0. The summed E-state index contributed by atoms with van der Waals surface area (Å²) in [4.78, 5) is 23.6. The largest absolute Gasteiger partial charge is 0.508 e. The van der Waals surface area contributed by atoms with E-state index in [1.807, 2.05) is 0 Å². The van der Waals surface area contributed by atoms with Crippen molar-refractivity contribution in [1.82, 2.24) is 0 Å². The fourth-order valence-electron chi connectivity index (χ4n) is 2.41. The molecule has 0 aliphatic heterocycles. The molecular weight excluding hydrogens is 308 g/mol. The van der Waals surface area contributed by atoms with Crippen molar-refractivity contribution in [1.29, 1.82) is 0 Å².